The maximum Gasteiger partial charge on any atom is 0.260 e. The first-order valence-electron chi connectivity index (χ1n) is 5.90. The van der Waals surface area contributed by atoms with E-state index in [0.717, 1.165) is 4.90 Å². The molecule has 96 valence electrons. The lowest BCUT2D eigenvalue weighted by atomic mass is 9.99. The first-order valence-corrected chi connectivity index (χ1v) is 5.90. The van der Waals surface area contributed by atoms with Gasteiger partial charge >= 0.3 is 0 Å². The number of carbonyl (C=O) groups excluding carboxylic acids is 2. The third-order valence-corrected chi connectivity index (χ3v) is 2.05. The fourth-order valence-electron chi connectivity index (χ4n) is 1.21. The van der Waals surface area contributed by atoms with Crippen LogP contribution in [0.3, 0.4) is 0 Å². The van der Waals surface area contributed by atoms with E-state index in [4.69, 9.17) is 0 Å². The number of hydrogen-bond acceptors (Lipinski definition) is 2. The van der Waals surface area contributed by atoms with Gasteiger partial charge in [0, 0.05) is 12.6 Å². The van der Waals surface area contributed by atoms with Crippen molar-refractivity contribution in [3.63, 3.8) is 0 Å². The molecule has 1 heterocycles. The van der Waals surface area contributed by atoms with Crippen molar-refractivity contribution in [2.45, 2.75) is 34.1 Å². The Morgan fingerprint density at radius 1 is 1.06 bits per heavy atom. The third kappa shape index (κ3) is 4.39. The third-order valence-electron chi connectivity index (χ3n) is 2.05. The van der Waals surface area contributed by atoms with Crippen LogP contribution in [0.25, 0.3) is 0 Å². The Morgan fingerprint density at radius 2 is 1.53 bits per heavy atom. The second-order valence-corrected chi connectivity index (χ2v) is 2.78. The molecule has 0 aromatic rings. The van der Waals surface area contributed by atoms with Crippen LogP contribution in [0.5, 0.6) is 0 Å². The lowest BCUT2D eigenvalue weighted by Crippen LogP contribution is -2.37. The van der Waals surface area contributed by atoms with Gasteiger partial charge in [-0.15, -0.1) is 0 Å². The number of likely N-dealkylation sites (N-methyl/N-ethyl adjacent to an activating group) is 1. The van der Waals surface area contributed by atoms with Gasteiger partial charge in [-0.05, 0) is 5.57 Å². The van der Waals surface area contributed by atoms with Crippen LogP contribution in [0.15, 0.2) is 36.5 Å². The molecule has 0 saturated carbocycles. The fourth-order valence-corrected chi connectivity index (χ4v) is 1.21. The van der Waals surface area contributed by atoms with Crippen molar-refractivity contribution >= 4 is 11.8 Å². The lowest BCUT2D eigenvalue weighted by Gasteiger charge is -2.22. The highest BCUT2D eigenvalue weighted by atomic mass is 16.2. The van der Waals surface area contributed by atoms with E-state index in [1.54, 1.807) is 0 Å². The summed E-state index contributed by atoms with van der Waals surface area (Å²) in [6.45, 7) is 15.1. The van der Waals surface area contributed by atoms with Crippen molar-refractivity contribution in [1.82, 2.24) is 4.90 Å². The molecule has 0 aromatic carbocycles. The molecule has 1 rings (SSSR count). The normalized spacial score (nSPS) is 14.3. The lowest BCUT2D eigenvalue weighted by molar-refractivity contribution is -0.141. The summed E-state index contributed by atoms with van der Waals surface area (Å²) < 4.78 is 0. The van der Waals surface area contributed by atoms with Gasteiger partial charge in [0.05, 0.1) is 6.42 Å². The van der Waals surface area contributed by atoms with Crippen LogP contribution in [0.4, 0.5) is 0 Å². The maximum atomic E-state index is 11.5. The Balaban J connectivity index is 0. The first-order chi connectivity index (χ1) is 8.11. The van der Waals surface area contributed by atoms with E-state index < -0.39 is 0 Å². The molecule has 3 nitrogen and oxygen atoms in total. The molecule has 2 amide bonds. The number of hydrogen-bond donors (Lipinski definition) is 0. The van der Waals surface area contributed by atoms with Gasteiger partial charge in [0.1, 0.15) is 0 Å². The van der Waals surface area contributed by atoms with Gasteiger partial charge in [0.2, 0.25) is 5.91 Å². The van der Waals surface area contributed by atoms with Gasteiger partial charge in [-0.2, -0.15) is 0 Å². The second kappa shape index (κ2) is 9.58. The quantitative estimate of drug-likeness (QED) is 0.692. The monoisotopic (exact) mass is 237 g/mol. The predicted octanol–water partition coefficient (Wildman–Crippen LogP) is 3.10. The summed E-state index contributed by atoms with van der Waals surface area (Å²) in [6.07, 6.45) is 3.22. The summed E-state index contributed by atoms with van der Waals surface area (Å²) in [7, 11) is 1.47. The Labute approximate surface area is 105 Å². The fraction of sp³-hybridized carbons (Fsp3) is 0.429. The van der Waals surface area contributed by atoms with E-state index in [-0.39, 0.29) is 18.2 Å². The minimum absolute atomic E-state index is 0.203. The number of allylic oxidation sites excluding steroid dienone is 1. The summed E-state index contributed by atoms with van der Waals surface area (Å²) in [6, 6.07) is 0. The Hall–Kier alpha value is -1.64. The molecular weight excluding hydrogens is 214 g/mol. The summed E-state index contributed by atoms with van der Waals surface area (Å²) in [5.41, 5.74) is 1.13. The first kappa shape index (κ1) is 17.7. The summed E-state index contributed by atoms with van der Waals surface area (Å²) in [5, 5.41) is 0. The molecule has 0 radical (unpaired) electrons. The van der Waals surface area contributed by atoms with Crippen molar-refractivity contribution in [2.75, 3.05) is 7.05 Å². The van der Waals surface area contributed by atoms with Crippen LogP contribution in [-0.2, 0) is 9.59 Å². The van der Waals surface area contributed by atoms with Crippen LogP contribution in [0.2, 0.25) is 0 Å². The van der Waals surface area contributed by atoms with E-state index in [0.29, 0.717) is 11.1 Å². The molecule has 0 spiro atoms. The van der Waals surface area contributed by atoms with Crippen molar-refractivity contribution in [1.29, 1.82) is 0 Å². The van der Waals surface area contributed by atoms with Gasteiger partial charge in [0.25, 0.3) is 5.91 Å². The van der Waals surface area contributed by atoms with E-state index in [1.807, 2.05) is 27.7 Å². The number of rotatable bonds is 2. The molecular formula is C14H23NO2. The number of amides is 2. The van der Waals surface area contributed by atoms with Crippen molar-refractivity contribution < 1.29 is 9.59 Å². The average molecular weight is 237 g/mol. The smallest absolute Gasteiger partial charge is 0.260 e. The number of nitrogens with zero attached hydrogens (tertiary/aromatic N) is 1. The van der Waals surface area contributed by atoms with Crippen LogP contribution >= 0.6 is 0 Å². The predicted molar refractivity (Wildman–Crippen MR) is 72.5 cm³/mol. The zero-order valence-electron chi connectivity index (χ0n) is 11.5. The molecule has 0 aliphatic carbocycles. The summed E-state index contributed by atoms with van der Waals surface area (Å²) >= 11 is 0. The molecule has 0 N–H and O–H groups in total. The van der Waals surface area contributed by atoms with Gasteiger partial charge in [-0.1, -0.05) is 53.0 Å². The molecule has 0 atom stereocenters. The molecule has 1 aliphatic rings. The molecule has 3 heteroatoms. The molecule has 0 aromatic heterocycles. The Kier molecular flexibility index (Phi) is 10.00. The molecule has 0 saturated heterocycles. The standard InChI is InChI=1S/C10H11NO2.2C2H6/c1-4-7-6-9(12)11(3)10(13)8(7)5-2;2*1-2/h4-5H,1-2,6H2,3H3;2*1-2H3. The molecule has 0 bridgehead atoms. The van der Waals surface area contributed by atoms with Crippen molar-refractivity contribution in [3.8, 4) is 0 Å². The van der Waals surface area contributed by atoms with Gasteiger partial charge in [-0.3, -0.25) is 14.5 Å². The highest BCUT2D eigenvalue weighted by molar-refractivity contribution is 6.10. The van der Waals surface area contributed by atoms with E-state index >= 15 is 0 Å². The number of imide groups is 1. The highest BCUT2D eigenvalue weighted by Gasteiger charge is 2.27. The highest BCUT2D eigenvalue weighted by Crippen LogP contribution is 2.20. The zero-order chi connectivity index (χ0) is 14.0. The molecule has 17 heavy (non-hydrogen) atoms. The van der Waals surface area contributed by atoms with Gasteiger partial charge in [0.15, 0.2) is 0 Å². The van der Waals surface area contributed by atoms with Crippen LogP contribution in [-0.4, -0.2) is 23.8 Å². The SMILES string of the molecule is C=CC1=C(C=C)C(=O)N(C)C(=O)C1.CC.CC. The number of carbonyl (C=O) groups is 2. The zero-order valence-corrected chi connectivity index (χ0v) is 11.5. The van der Waals surface area contributed by atoms with Crippen LogP contribution in [0, 0.1) is 0 Å². The van der Waals surface area contributed by atoms with Crippen LogP contribution in [0.1, 0.15) is 34.1 Å². The van der Waals surface area contributed by atoms with Crippen molar-refractivity contribution in [2.24, 2.45) is 0 Å². The second-order valence-electron chi connectivity index (χ2n) is 2.78. The minimum Gasteiger partial charge on any atom is -0.281 e. The van der Waals surface area contributed by atoms with Gasteiger partial charge in [-0.25, -0.2) is 0 Å². The topological polar surface area (TPSA) is 37.4 Å². The minimum atomic E-state index is -0.304. The van der Waals surface area contributed by atoms with E-state index in [1.165, 1.54) is 19.2 Å². The van der Waals surface area contributed by atoms with E-state index in [9.17, 15) is 9.59 Å². The largest absolute Gasteiger partial charge is 0.281 e. The molecule has 0 fully saturated rings. The Bertz CT molecular complexity index is 327. The van der Waals surface area contributed by atoms with Gasteiger partial charge < -0.3 is 0 Å². The molecule has 1 aliphatic heterocycles. The van der Waals surface area contributed by atoms with Crippen molar-refractivity contribution in [3.05, 3.63) is 36.5 Å². The van der Waals surface area contributed by atoms with Crippen LogP contribution < -0.4 is 0 Å². The summed E-state index contributed by atoms with van der Waals surface area (Å²) in [5.74, 6) is -0.508. The molecule has 0 unspecified atom stereocenters. The average Bonchev–Trinajstić information content (AvgIpc) is 2.40. The van der Waals surface area contributed by atoms with E-state index in [2.05, 4.69) is 13.2 Å². The maximum absolute atomic E-state index is 11.5. The Morgan fingerprint density at radius 3 is 1.88 bits per heavy atom. The summed E-state index contributed by atoms with van der Waals surface area (Å²) in [4.78, 5) is 23.8.